The van der Waals surface area contributed by atoms with Gasteiger partial charge in [0.15, 0.2) is 11.5 Å². The molecule has 4 rings (SSSR count). The number of methoxy groups -OCH3 is 3. The molecule has 2 saturated heterocycles. The number of aromatic nitrogens is 2. The summed E-state index contributed by atoms with van der Waals surface area (Å²) in [5.41, 5.74) is 1.03. The van der Waals surface area contributed by atoms with E-state index in [1.807, 2.05) is 23.1 Å². The summed E-state index contributed by atoms with van der Waals surface area (Å²) in [5.74, 6) is 2.48. The highest BCUT2D eigenvalue weighted by molar-refractivity contribution is 5.77. The van der Waals surface area contributed by atoms with Crippen molar-refractivity contribution in [1.82, 2.24) is 19.9 Å². The Hall–Kier alpha value is -2.65. The van der Waals surface area contributed by atoms with Crippen LogP contribution in [0.15, 0.2) is 22.7 Å². The van der Waals surface area contributed by atoms with E-state index in [4.69, 9.17) is 18.7 Å². The predicted octanol–water partition coefficient (Wildman–Crippen LogP) is 2.26. The van der Waals surface area contributed by atoms with Gasteiger partial charge in [-0.15, -0.1) is 0 Å². The monoisotopic (exact) mass is 444 g/mol. The Morgan fingerprint density at radius 2 is 1.97 bits per heavy atom. The Labute approximate surface area is 188 Å². The highest BCUT2D eigenvalue weighted by Crippen LogP contribution is 2.42. The standard InChI is InChI=1S/C23H32N4O5/c1-26-13-23(11-17(26)12-29-2)14-27(15-23)21(28)7-5-6-20-24-22(25-32-20)16-8-9-18(30-3)19(10-16)31-4/h8-10,17H,5-7,11-15H2,1-4H3. The van der Waals surface area contributed by atoms with Gasteiger partial charge in [-0.2, -0.15) is 4.98 Å². The zero-order valence-corrected chi connectivity index (χ0v) is 19.3. The second-order valence-corrected chi connectivity index (χ2v) is 8.91. The van der Waals surface area contributed by atoms with E-state index in [-0.39, 0.29) is 11.3 Å². The number of hydrogen-bond acceptors (Lipinski definition) is 8. The van der Waals surface area contributed by atoms with Crippen LogP contribution in [0.4, 0.5) is 0 Å². The molecule has 2 fully saturated rings. The zero-order chi connectivity index (χ0) is 22.7. The molecular weight excluding hydrogens is 412 g/mol. The normalized spacial score (nSPS) is 19.9. The number of benzene rings is 1. The molecule has 1 spiro atoms. The van der Waals surface area contributed by atoms with E-state index in [1.165, 1.54) is 0 Å². The lowest BCUT2D eigenvalue weighted by molar-refractivity contribution is -0.142. The molecule has 1 aromatic carbocycles. The van der Waals surface area contributed by atoms with Crippen molar-refractivity contribution in [2.75, 3.05) is 54.6 Å². The average molecular weight is 445 g/mol. The first-order chi connectivity index (χ1) is 15.5. The summed E-state index contributed by atoms with van der Waals surface area (Å²) in [5, 5.41) is 4.06. The lowest BCUT2D eigenvalue weighted by atomic mass is 9.77. The lowest BCUT2D eigenvalue weighted by Gasteiger charge is -2.48. The number of ether oxygens (including phenoxy) is 3. The summed E-state index contributed by atoms with van der Waals surface area (Å²) in [6.07, 6.45) is 2.84. The van der Waals surface area contributed by atoms with Gasteiger partial charge in [-0.05, 0) is 38.1 Å². The number of likely N-dealkylation sites (tertiary alicyclic amines) is 2. The van der Waals surface area contributed by atoms with Gasteiger partial charge in [-0.25, -0.2) is 0 Å². The molecule has 0 saturated carbocycles. The Bertz CT molecular complexity index is 940. The van der Waals surface area contributed by atoms with E-state index in [0.29, 0.717) is 48.5 Å². The Morgan fingerprint density at radius 1 is 1.19 bits per heavy atom. The highest BCUT2D eigenvalue weighted by atomic mass is 16.5. The van der Waals surface area contributed by atoms with Crippen molar-refractivity contribution in [2.24, 2.45) is 5.41 Å². The molecule has 1 aromatic heterocycles. The van der Waals surface area contributed by atoms with Gasteiger partial charge in [0.05, 0.1) is 20.8 Å². The van der Waals surface area contributed by atoms with Gasteiger partial charge >= 0.3 is 0 Å². The van der Waals surface area contributed by atoms with E-state index in [9.17, 15) is 4.79 Å². The summed E-state index contributed by atoms with van der Waals surface area (Å²) in [4.78, 5) is 21.4. The van der Waals surface area contributed by atoms with Crippen molar-refractivity contribution >= 4 is 5.91 Å². The minimum absolute atomic E-state index is 0.202. The molecule has 1 atom stereocenters. The first kappa shape index (κ1) is 22.5. The van der Waals surface area contributed by atoms with Crippen molar-refractivity contribution in [1.29, 1.82) is 0 Å². The summed E-state index contributed by atoms with van der Waals surface area (Å²) < 4.78 is 21.3. The molecule has 0 radical (unpaired) electrons. The predicted molar refractivity (Wildman–Crippen MR) is 118 cm³/mol. The van der Waals surface area contributed by atoms with Gasteiger partial charge < -0.3 is 28.5 Å². The summed E-state index contributed by atoms with van der Waals surface area (Å²) in [7, 11) is 7.07. The summed E-state index contributed by atoms with van der Waals surface area (Å²) in [6.45, 7) is 3.48. The zero-order valence-electron chi connectivity index (χ0n) is 19.3. The van der Waals surface area contributed by atoms with Gasteiger partial charge in [0, 0.05) is 56.6 Å². The quantitative estimate of drug-likeness (QED) is 0.582. The number of carbonyl (C=O) groups is 1. The fourth-order valence-electron chi connectivity index (χ4n) is 4.92. The third kappa shape index (κ3) is 4.59. The third-order valence-corrected chi connectivity index (χ3v) is 6.53. The van der Waals surface area contributed by atoms with Gasteiger partial charge in [0.2, 0.25) is 17.6 Å². The first-order valence-electron chi connectivity index (χ1n) is 11.0. The maximum atomic E-state index is 12.6. The molecule has 1 amide bonds. The van der Waals surface area contributed by atoms with Gasteiger partial charge in [0.1, 0.15) is 0 Å². The Kier molecular flexibility index (Phi) is 6.66. The minimum atomic E-state index is 0.202. The third-order valence-electron chi connectivity index (χ3n) is 6.53. The Balaban J connectivity index is 1.24. The molecule has 0 N–H and O–H groups in total. The fraction of sp³-hybridized carbons (Fsp3) is 0.609. The number of likely N-dealkylation sites (N-methyl/N-ethyl adjacent to an activating group) is 1. The van der Waals surface area contributed by atoms with Crippen molar-refractivity contribution in [2.45, 2.75) is 31.7 Å². The molecule has 0 bridgehead atoms. The van der Waals surface area contributed by atoms with Crippen molar-refractivity contribution in [3.05, 3.63) is 24.1 Å². The minimum Gasteiger partial charge on any atom is -0.493 e. The van der Waals surface area contributed by atoms with Gasteiger partial charge in [0.25, 0.3) is 0 Å². The maximum absolute atomic E-state index is 12.6. The highest BCUT2D eigenvalue weighted by Gasteiger charge is 2.51. The largest absolute Gasteiger partial charge is 0.493 e. The smallest absolute Gasteiger partial charge is 0.226 e. The number of rotatable bonds is 9. The molecule has 32 heavy (non-hydrogen) atoms. The summed E-state index contributed by atoms with van der Waals surface area (Å²) in [6, 6.07) is 5.93. The first-order valence-corrected chi connectivity index (χ1v) is 11.0. The van der Waals surface area contributed by atoms with Crippen LogP contribution >= 0.6 is 0 Å². The van der Waals surface area contributed by atoms with Gasteiger partial charge in [-0.3, -0.25) is 4.79 Å². The van der Waals surface area contributed by atoms with Crippen molar-refractivity contribution < 1.29 is 23.5 Å². The van der Waals surface area contributed by atoms with Crippen molar-refractivity contribution in [3.63, 3.8) is 0 Å². The molecule has 2 aromatic rings. The van der Waals surface area contributed by atoms with Crippen LogP contribution in [-0.2, 0) is 16.0 Å². The van der Waals surface area contributed by atoms with Crippen LogP contribution in [0.5, 0.6) is 11.5 Å². The molecular formula is C23H32N4O5. The average Bonchev–Trinajstić information content (AvgIpc) is 3.37. The molecule has 2 aliphatic heterocycles. The topological polar surface area (TPSA) is 90.2 Å². The van der Waals surface area contributed by atoms with E-state index in [1.54, 1.807) is 21.3 Å². The van der Waals surface area contributed by atoms with Crippen LogP contribution in [-0.4, -0.2) is 86.5 Å². The van der Waals surface area contributed by atoms with Crippen LogP contribution in [0.2, 0.25) is 0 Å². The van der Waals surface area contributed by atoms with Crippen LogP contribution in [0, 0.1) is 5.41 Å². The molecule has 174 valence electrons. The van der Waals surface area contributed by atoms with Crippen LogP contribution in [0.25, 0.3) is 11.4 Å². The van der Waals surface area contributed by atoms with E-state index >= 15 is 0 Å². The molecule has 9 nitrogen and oxygen atoms in total. The van der Waals surface area contributed by atoms with Crippen LogP contribution in [0.1, 0.15) is 25.2 Å². The SMILES string of the molecule is COCC1CC2(CN(C(=O)CCCc3nc(-c4ccc(OC)c(OC)c4)no3)C2)CN1C. The molecule has 9 heteroatoms. The molecule has 1 unspecified atom stereocenters. The molecule has 3 heterocycles. The molecule has 0 aliphatic carbocycles. The van der Waals surface area contributed by atoms with E-state index in [2.05, 4.69) is 22.1 Å². The summed E-state index contributed by atoms with van der Waals surface area (Å²) >= 11 is 0. The van der Waals surface area contributed by atoms with Crippen LogP contribution in [0.3, 0.4) is 0 Å². The molecule has 2 aliphatic rings. The number of amides is 1. The maximum Gasteiger partial charge on any atom is 0.226 e. The van der Waals surface area contributed by atoms with E-state index in [0.717, 1.165) is 38.2 Å². The fourth-order valence-corrected chi connectivity index (χ4v) is 4.92. The van der Waals surface area contributed by atoms with E-state index < -0.39 is 0 Å². The van der Waals surface area contributed by atoms with Crippen LogP contribution < -0.4 is 9.47 Å². The van der Waals surface area contributed by atoms with Gasteiger partial charge in [-0.1, -0.05) is 5.16 Å². The Morgan fingerprint density at radius 3 is 2.69 bits per heavy atom. The number of hydrogen-bond donors (Lipinski definition) is 0. The number of nitrogens with zero attached hydrogens (tertiary/aromatic N) is 4. The van der Waals surface area contributed by atoms with Crippen molar-refractivity contribution in [3.8, 4) is 22.9 Å². The second-order valence-electron chi connectivity index (χ2n) is 8.91. The second kappa shape index (κ2) is 9.46. The number of carbonyl (C=O) groups excluding carboxylic acids is 1. The lowest BCUT2D eigenvalue weighted by Crippen LogP contribution is -2.59. The number of aryl methyl sites for hydroxylation is 1.